The van der Waals surface area contributed by atoms with Crippen molar-refractivity contribution in [3.8, 4) is 0 Å². The zero-order chi connectivity index (χ0) is 15.6. The van der Waals surface area contributed by atoms with Crippen molar-refractivity contribution >= 4 is 17.5 Å². The van der Waals surface area contributed by atoms with Gasteiger partial charge in [0.15, 0.2) is 0 Å². The van der Waals surface area contributed by atoms with Gasteiger partial charge in [0.25, 0.3) is 0 Å². The highest BCUT2D eigenvalue weighted by atomic mass is 35.5. The van der Waals surface area contributed by atoms with Gasteiger partial charge in [0, 0.05) is 30.0 Å². The van der Waals surface area contributed by atoms with Gasteiger partial charge in [0.05, 0.1) is 11.7 Å². The first-order chi connectivity index (χ1) is 10.6. The first-order valence-corrected chi connectivity index (χ1v) is 8.01. The number of imidazole rings is 1. The van der Waals surface area contributed by atoms with Gasteiger partial charge in [-0.3, -0.25) is 4.79 Å². The summed E-state index contributed by atoms with van der Waals surface area (Å²) in [6, 6.07) is 7.74. The zero-order valence-electron chi connectivity index (χ0n) is 12.6. The minimum absolute atomic E-state index is 0.0540. The third-order valence-corrected chi connectivity index (χ3v) is 4.68. The number of rotatable bonds is 5. The third-order valence-electron chi connectivity index (χ3n) is 4.44. The van der Waals surface area contributed by atoms with Gasteiger partial charge in [-0.2, -0.15) is 0 Å². The summed E-state index contributed by atoms with van der Waals surface area (Å²) in [6.07, 6.45) is 8.26. The van der Waals surface area contributed by atoms with Crippen molar-refractivity contribution < 1.29 is 4.79 Å². The molecule has 4 nitrogen and oxygen atoms in total. The van der Waals surface area contributed by atoms with E-state index < -0.39 is 5.41 Å². The second-order valence-electron chi connectivity index (χ2n) is 6.08. The Labute approximate surface area is 135 Å². The molecule has 0 aliphatic heterocycles. The van der Waals surface area contributed by atoms with E-state index in [2.05, 4.69) is 10.3 Å². The number of halogens is 1. The van der Waals surface area contributed by atoms with Crippen LogP contribution in [-0.4, -0.2) is 21.5 Å². The van der Waals surface area contributed by atoms with Gasteiger partial charge in [-0.15, -0.1) is 0 Å². The molecule has 1 aromatic carbocycles. The maximum atomic E-state index is 12.8. The molecule has 1 aliphatic rings. The predicted octanol–water partition coefficient (Wildman–Crippen LogP) is 3.16. The summed E-state index contributed by atoms with van der Waals surface area (Å²) in [4.78, 5) is 16.8. The topological polar surface area (TPSA) is 46.9 Å². The lowest BCUT2D eigenvalue weighted by Crippen LogP contribution is -2.52. The summed E-state index contributed by atoms with van der Waals surface area (Å²) >= 11 is 6.10. The Hall–Kier alpha value is -1.81. The quantitative estimate of drug-likeness (QED) is 0.920. The Bertz CT molecular complexity index is 650. The number of nitrogens with zero attached hydrogens (tertiary/aromatic N) is 2. The van der Waals surface area contributed by atoms with Crippen LogP contribution in [0.3, 0.4) is 0 Å². The van der Waals surface area contributed by atoms with E-state index in [0.717, 1.165) is 31.4 Å². The summed E-state index contributed by atoms with van der Waals surface area (Å²) in [5, 5.41) is 3.83. The van der Waals surface area contributed by atoms with Gasteiger partial charge >= 0.3 is 0 Å². The van der Waals surface area contributed by atoms with Crippen LogP contribution in [-0.2, 0) is 16.8 Å². The average Bonchev–Trinajstić information content (AvgIpc) is 2.90. The lowest BCUT2D eigenvalue weighted by Gasteiger charge is -2.41. The Morgan fingerprint density at radius 3 is 2.91 bits per heavy atom. The zero-order valence-corrected chi connectivity index (χ0v) is 13.4. The predicted molar refractivity (Wildman–Crippen MR) is 86.8 cm³/mol. The number of benzene rings is 1. The summed E-state index contributed by atoms with van der Waals surface area (Å²) in [6.45, 7) is 2.74. The molecule has 1 aliphatic carbocycles. The van der Waals surface area contributed by atoms with Crippen molar-refractivity contribution in [2.75, 3.05) is 0 Å². The van der Waals surface area contributed by atoms with Crippen LogP contribution in [0.2, 0.25) is 5.02 Å². The molecule has 1 heterocycles. The molecule has 1 aromatic heterocycles. The molecule has 1 saturated carbocycles. The van der Waals surface area contributed by atoms with E-state index in [-0.39, 0.29) is 11.9 Å². The van der Waals surface area contributed by atoms with Crippen molar-refractivity contribution in [3.63, 3.8) is 0 Å². The first kappa shape index (κ1) is 15.1. The van der Waals surface area contributed by atoms with E-state index in [1.54, 1.807) is 12.5 Å². The molecule has 22 heavy (non-hydrogen) atoms. The molecule has 2 aromatic rings. The van der Waals surface area contributed by atoms with Gasteiger partial charge in [-0.05, 0) is 37.5 Å². The maximum absolute atomic E-state index is 12.8. The highest BCUT2D eigenvalue weighted by Gasteiger charge is 2.45. The third kappa shape index (κ3) is 2.88. The van der Waals surface area contributed by atoms with Crippen molar-refractivity contribution in [3.05, 3.63) is 53.6 Å². The highest BCUT2D eigenvalue weighted by Crippen LogP contribution is 2.44. The fourth-order valence-corrected chi connectivity index (χ4v) is 3.27. The minimum atomic E-state index is -0.409. The fraction of sp³-hybridized carbons (Fsp3) is 0.412. The van der Waals surface area contributed by atoms with E-state index in [1.807, 2.05) is 42.0 Å². The second kappa shape index (κ2) is 6.13. The molecule has 1 amide bonds. The molecule has 0 saturated heterocycles. The summed E-state index contributed by atoms with van der Waals surface area (Å²) in [5.74, 6) is 0.105. The van der Waals surface area contributed by atoms with E-state index in [4.69, 9.17) is 11.6 Å². The molecule has 5 heteroatoms. The number of aromatic nitrogens is 2. The minimum Gasteiger partial charge on any atom is -0.351 e. The van der Waals surface area contributed by atoms with Crippen LogP contribution in [0.5, 0.6) is 0 Å². The number of nitrogens with one attached hydrogen (secondary N) is 1. The lowest BCUT2D eigenvalue weighted by atomic mass is 9.63. The highest BCUT2D eigenvalue weighted by molar-refractivity contribution is 6.30. The number of hydrogen-bond donors (Lipinski definition) is 1. The molecule has 116 valence electrons. The Morgan fingerprint density at radius 1 is 1.50 bits per heavy atom. The van der Waals surface area contributed by atoms with Crippen molar-refractivity contribution in [1.82, 2.24) is 14.9 Å². The molecule has 0 spiro atoms. The molecule has 0 unspecified atom stereocenters. The van der Waals surface area contributed by atoms with Crippen molar-refractivity contribution in [2.45, 2.75) is 44.2 Å². The first-order valence-electron chi connectivity index (χ1n) is 7.63. The molecule has 3 rings (SSSR count). The molecular formula is C17H20ClN3O. The second-order valence-corrected chi connectivity index (χ2v) is 6.52. The number of amides is 1. The lowest BCUT2D eigenvalue weighted by molar-refractivity contribution is -0.130. The van der Waals surface area contributed by atoms with Gasteiger partial charge in [-0.1, -0.05) is 30.2 Å². The SMILES string of the molecule is C[C@H](Cn1ccnc1)NC(=O)C1(c2cccc(Cl)c2)CCC1. The molecule has 1 fully saturated rings. The summed E-state index contributed by atoms with van der Waals surface area (Å²) in [7, 11) is 0. The number of carbonyl (C=O) groups excluding carboxylic acids is 1. The number of carbonyl (C=O) groups is 1. The van der Waals surface area contributed by atoms with Crippen LogP contribution in [0.4, 0.5) is 0 Å². The maximum Gasteiger partial charge on any atom is 0.230 e. The van der Waals surface area contributed by atoms with Crippen LogP contribution < -0.4 is 5.32 Å². The van der Waals surface area contributed by atoms with Gasteiger partial charge in [0.1, 0.15) is 0 Å². The normalized spacial score (nSPS) is 17.5. The molecule has 0 bridgehead atoms. The van der Waals surface area contributed by atoms with E-state index in [1.165, 1.54) is 0 Å². The Morgan fingerprint density at radius 2 is 2.32 bits per heavy atom. The molecular weight excluding hydrogens is 298 g/mol. The van der Waals surface area contributed by atoms with Crippen LogP contribution in [0.25, 0.3) is 0 Å². The summed E-state index contributed by atoms with van der Waals surface area (Å²) in [5.41, 5.74) is 0.618. The number of hydrogen-bond acceptors (Lipinski definition) is 2. The largest absolute Gasteiger partial charge is 0.351 e. The van der Waals surface area contributed by atoms with E-state index >= 15 is 0 Å². The van der Waals surface area contributed by atoms with Crippen LogP contribution in [0.1, 0.15) is 31.7 Å². The van der Waals surface area contributed by atoms with Crippen LogP contribution >= 0.6 is 11.6 Å². The van der Waals surface area contributed by atoms with E-state index in [0.29, 0.717) is 5.02 Å². The van der Waals surface area contributed by atoms with Gasteiger partial charge < -0.3 is 9.88 Å². The Kier molecular flexibility index (Phi) is 4.21. The molecule has 1 atom stereocenters. The van der Waals surface area contributed by atoms with E-state index in [9.17, 15) is 4.79 Å². The molecule has 0 radical (unpaired) electrons. The monoisotopic (exact) mass is 317 g/mol. The summed E-state index contributed by atoms with van der Waals surface area (Å²) < 4.78 is 1.97. The average molecular weight is 318 g/mol. The standard InChI is InChI=1S/C17H20ClN3O/c1-13(11-21-9-8-19-12-21)20-16(22)17(6-3-7-17)14-4-2-5-15(18)10-14/h2,4-5,8-10,12-13H,3,6-7,11H2,1H3,(H,20,22)/t13-/m1/s1. The Balaban J connectivity index is 1.72. The van der Waals surface area contributed by atoms with Gasteiger partial charge in [0.2, 0.25) is 5.91 Å². The molecule has 1 N–H and O–H groups in total. The van der Waals surface area contributed by atoms with Gasteiger partial charge in [-0.25, -0.2) is 4.98 Å². The van der Waals surface area contributed by atoms with Crippen LogP contribution in [0.15, 0.2) is 43.0 Å². The fourth-order valence-electron chi connectivity index (χ4n) is 3.08. The van der Waals surface area contributed by atoms with Crippen molar-refractivity contribution in [1.29, 1.82) is 0 Å². The van der Waals surface area contributed by atoms with Crippen molar-refractivity contribution in [2.24, 2.45) is 0 Å². The smallest absolute Gasteiger partial charge is 0.230 e. The van der Waals surface area contributed by atoms with Crippen LogP contribution in [0, 0.1) is 0 Å².